The van der Waals surface area contributed by atoms with Crippen LogP contribution < -0.4 is 28.7 Å². The first kappa shape index (κ1) is 26.1. The summed E-state index contributed by atoms with van der Waals surface area (Å²) in [5.41, 5.74) is 30.1. The van der Waals surface area contributed by atoms with Crippen LogP contribution in [0.1, 0.15) is 19.3 Å². The Labute approximate surface area is 186 Å². The molecule has 32 heavy (non-hydrogen) atoms. The van der Waals surface area contributed by atoms with Crippen molar-refractivity contribution in [2.75, 3.05) is 13.2 Å². The maximum atomic E-state index is 11.0. The van der Waals surface area contributed by atoms with Gasteiger partial charge in [0, 0.05) is 18.1 Å². The van der Waals surface area contributed by atoms with Gasteiger partial charge in [-0.05, 0) is 31.7 Å². The van der Waals surface area contributed by atoms with Crippen LogP contribution in [0.25, 0.3) is 0 Å². The summed E-state index contributed by atoms with van der Waals surface area (Å²) in [5, 5.41) is 50.9. The maximum Gasteiger partial charge on any atom is 0.186 e. The topological polar surface area (TPSA) is 259 Å². The molecule has 3 aliphatic rings. The molecule has 2 saturated carbocycles. The molecule has 1 saturated heterocycles. The van der Waals surface area contributed by atoms with Crippen molar-refractivity contribution in [3.63, 3.8) is 0 Å². The first-order valence-electron chi connectivity index (χ1n) is 11.1. The van der Waals surface area contributed by atoms with Crippen LogP contribution in [0, 0.1) is 5.92 Å². The van der Waals surface area contributed by atoms with E-state index in [1.54, 1.807) is 0 Å². The number of hydrogen-bond acceptors (Lipinski definition) is 13. The molecule has 14 atom stereocenters. The van der Waals surface area contributed by atoms with Gasteiger partial charge < -0.3 is 68.4 Å². The Morgan fingerprint density at radius 1 is 0.781 bits per heavy atom. The van der Waals surface area contributed by atoms with Crippen molar-refractivity contribution >= 4 is 0 Å². The first-order valence-corrected chi connectivity index (χ1v) is 11.1. The van der Waals surface area contributed by atoms with E-state index in [0.717, 1.165) is 0 Å². The molecule has 13 heteroatoms. The van der Waals surface area contributed by atoms with Crippen LogP contribution in [0.5, 0.6) is 0 Å². The maximum absolute atomic E-state index is 11.0. The highest BCUT2D eigenvalue weighted by Crippen LogP contribution is 2.32. The fourth-order valence-corrected chi connectivity index (χ4v) is 4.89. The summed E-state index contributed by atoms with van der Waals surface area (Å²) in [6, 6.07) is -2.90. The third kappa shape index (κ3) is 5.25. The number of aliphatic hydroxyl groups excluding tert-OH is 5. The predicted molar refractivity (Wildman–Crippen MR) is 112 cm³/mol. The van der Waals surface area contributed by atoms with Gasteiger partial charge in [0.2, 0.25) is 0 Å². The molecule has 1 aliphatic heterocycles. The van der Waals surface area contributed by atoms with Crippen molar-refractivity contribution in [3.05, 3.63) is 0 Å². The Kier molecular flexibility index (Phi) is 8.82. The molecule has 0 unspecified atom stereocenters. The molecule has 1 heterocycles. The minimum absolute atomic E-state index is 0.180. The van der Waals surface area contributed by atoms with Crippen molar-refractivity contribution in [1.82, 2.24) is 0 Å². The molecule has 3 fully saturated rings. The van der Waals surface area contributed by atoms with Gasteiger partial charge in [-0.25, -0.2) is 0 Å². The fourth-order valence-electron chi connectivity index (χ4n) is 4.89. The number of aliphatic hydroxyl groups is 5. The van der Waals surface area contributed by atoms with Gasteiger partial charge in [0.1, 0.15) is 36.6 Å². The highest BCUT2D eigenvalue weighted by atomic mass is 16.7. The lowest BCUT2D eigenvalue weighted by Gasteiger charge is -2.48. The van der Waals surface area contributed by atoms with Gasteiger partial charge in [0.15, 0.2) is 6.29 Å². The van der Waals surface area contributed by atoms with E-state index < -0.39 is 85.9 Å². The summed E-state index contributed by atoms with van der Waals surface area (Å²) in [4.78, 5) is 0. The van der Waals surface area contributed by atoms with E-state index in [0.29, 0.717) is 12.8 Å². The van der Waals surface area contributed by atoms with E-state index in [4.69, 9.17) is 42.9 Å². The van der Waals surface area contributed by atoms with Crippen molar-refractivity contribution in [3.8, 4) is 0 Å². The lowest BCUT2D eigenvalue weighted by molar-refractivity contribution is -0.306. The number of hydrogen-bond donors (Lipinski definition) is 10. The van der Waals surface area contributed by atoms with E-state index in [1.165, 1.54) is 0 Å². The van der Waals surface area contributed by atoms with Gasteiger partial charge >= 0.3 is 0 Å². The zero-order chi connectivity index (χ0) is 23.7. The molecule has 0 aromatic heterocycles. The Morgan fingerprint density at radius 2 is 1.41 bits per heavy atom. The average molecular weight is 466 g/mol. The number of ether oxygens (including phenoxy) is 3. The highest BCUT2D eigenvalue weighted by molar-refractivity contribution is 5.01. The molecule has 2 aliphatic carbocycles. The quantitative estimate of drug-likeness (QED) is 0.176. The van der Waals surface area contributed by atoms with E-state index in [2.05, 4.69) is 0 Å². The zero-order valence-electron chi connectivity index (χ0n) is 18.0. The Morgan fingerprint density at radius 3 is 2.00 bits per heavy atom. The predicted octanol–water partition coefficient (Wildman–Crippen LogP) is -5.63. The van der Waals surface area contributed by atoms with Crippen molar-refractivity contribution < 1.29 is 39.7 Å². The van der Waals surface area contributed by atoms with Crippen LogP contribution in [0.15, 0.2) is 0 Å². The Hall–Kier alpha value is -0.520. The monoisotopic (exact) mass is 465 g/mol. The summed E-state index contributed by atoms with van der Waals surface area (Å²) in [5.74, 6) is -0.180. The molecule has 0 bridgehead atoms. The molecule has 0 radical (unpaired) electrons. The smallest absolute Gasteiger partial charge is 0.186 e. The van der Waals surface area contributed by atoms with Crippen LogP contribution in [0.4, 0.5) is 0 Å². The van der Waals surface area contributed by atoms with Gasteiger partial charge in [-0.3, -0.25) is 0 Å². The van der Waals surface area contributed by atoms with E-state index in [-0.39, 0.29) is 18.9 Å². The normalized spacial score (nSPS) is 52.7. The molecular weight excluding hydrogens is 426 g/mol. The lowest BCUT2D eigenvalue weighted by Crippen LogP contribution is -2.68. The molecule has 3 rings (SSSR count). The van der Waals surface area contributed by atoms with Crippen molar-refractivity contribution in [2.24, 2.45) is 34.6 Å². The van der Waals surface area contributed by atoms with Crippen LogP contribution >= 0.6 is 0 Å². The molecule has 188 valence electrons. The van der Waals surface area contributed by atoms with Crippen molar-refractivity contribution in [2.45, 2.75) is 98.6 Å². The van der Waals surface area contributed by atoms with E-state index >= 15 is 0 Å². The minimum Gasteiger partial charge on any atom is -0.394 e. The van der Waals surface area contributed by atoms with Gasteiger partial charge in [0.05, 0.1) is 24.9 Å². The molecule has 0 aromatic rings. The molecule has 0 spiro atoms. The standard InChI is InChI=1S/C19H39N5O8/c20-4-6-1-11(7(21)3-10(6)26)30-17-8(22)2-9(23)18(16(17)29)32-19-15(28)13(24)14(27)12(5-25)31-19/h6-19,25-29H,1-5,20-24H2/t6-,7-,8+,9-,10+,11+,12-,13+,14-,15-,16+,17-,18+,19-/m1/s1. The fraction of sp³-hybridized carbons (Fsp3) is 1.00. The second-order valence-electron chi connectivity index (χ2n) is 9.28. The molecule has 15 N–H and O–H groups in total. The van der Waals surface area contributed by atoms with Crippen LogP contribution in [-0.2, 0) is 14.2 Å². The Bertz CT molecular complexity index is 606. The molecule has 0 amide bonds. The number of nitrogens with two attached hydrogens (primary N) is 5. The second kappa shape index (κ2) is 10.8. The van der Waals surface area contributed by atoms with Crippen molar-refractivity contribution in [1.29, 1.82) is 0 Å². The third-order valence-corrected chi connectivity index (χ3v) is 7.00. The first-order chi connectivity index (χ1) is 15.1. The van der Waals surface area contributed by atoms with Crippen LogP contribution in [-0.4, -0.2) is 118 Å². The van der Waals surface area contributed by atoms with Gasteiger partial charge in [-0.15, -0.1) is 0 Å². The van der Waals surface area contributed by atoms with Crippen LogP contribution in [0.3, 0.4) is 0 Å². The Balaban J connectivity index is 1.70. The van der Waals surface area contributed by atoms with Gasteiger partial charge in [-0.1, -0.05) is 0 Å². The van der Waals surface area contributed by atoms with E-state index in [9.17, 15) is 25.5 Å². The summed E-state index contributed by atoms with van der Waals surface area (Å²) in [6.07, 6.45) is -8.41. The largest absolute Gasteiger partial charge is 0.394 e. The van der Waals surface area contributed by atoms with Gasteiger partial charge in [-0.2, -0.15) is 0 Å². The second-order valence-corrected chi connectivity index (χ2v) is 9.28. The summed E-state index contributed by atoms with van der Waals surface area (Å²) >= 11 is 0. The van der Waals surface area contributed by atoms with Crippen LogP contribution in [0.2, 0.25) is 0 Å². The summed E-state index contributed by atoms with van der Waals surface area (Å²) in [7, 11) is 0. The molecular formula is C19H39N5O8. The highest BCUT2D eigenvalue weighted by Gasteiger charge is 2.49. The molecule has 0 aromatic carbocycles. The lowest BCUT2D eigenvalue weighted by atomic mass is 9.80. The zero-order valence-corrected chi connectivity index (χ0v) is 18.0. The SMILES string of the molecule is NC[C@H]1C[C@H](O[C@H]2[C@H](O)[C@@H](O[C@H]3O[C@H](CO)[C@@H](O)[C@H](N)[C@H]3O)[C@H](N)C[C@@H]2N)[C@H](N)C[C@@H]1O. The third-order valence-electron chi connectivity index (χ3n) is 7.00. The number of rotatable bonds is 6. The summed E-state index contributed by atoms with van der Waals surface area (Å²) in [6.45, 7) is -0.260. The molecule has 13 nitrogen and oxygen atoms in total. The summed E-state index contributed by atoms with van der Waals surface area (Å²) < 4.78 is 17.4. The van der Waals surface area contributed by atoms with Gasteiger partial charge in [0.25, 0.3) is 0 Å². The van der Waals surface area contributed by atoms with E-state index in [1.807, 2.05) is 0 Å². The average Bonchev–Trinajstić information content (AvgIpc) is 2.75. The minimum atomic E-state index is -1.42.